The summed E-state index contributed by atoms with van der Waals surface area (Å²) in [5.74, 6) is -1.44. The molecule has 1 fully saturated rings. The van der Waals surface area contributed by atoms with Gasteiger partial charge in [-0.15, -0.1) is 11.3 Å². The van der Waals surface area contributed by atoms with Crippen LogP contribution < -0.4 is 5.32 Å². The van der Waals surface area contributed by atoms with Gasteiger partial charge in [-0.05, 0) is 28.1 Å². The fourth-order valence-electron chi connectivity index (χ4n) is 1.83. The Morgan fingerprint density at radius 1 is 1.72 bits per heavy atom. The van der Waals surface area contributed by atoms with Crippen molar-refractivity contribution >= 4 is 39.3 Å². The molecule has 0 bridgehead atoms. The number of urea groups is 1. The van der Waals surface area contributed by atoms with E-state index in [0.29, 0.717) is 6.54 Å². The first-order chi connectivity index (χ1) is 8.47. The number of nitrogens with zero attached hydrogens (tertiary/aromatic N) is 1. The number of amides is 2. The molecule has 2 rings (SSSR count). The van der Waals surface area contributed by atoms with Gasteiger partial charge >= 0.3 is 12.0 Å². The lowest BCUT2D eigenvalue weighted by Crippen LogP contribution is -2.34. The van der Waals surface area contributed by atoms with Gasteiger partial charge in [0.15, 0.2) is 0 Å². The summed E-state index contributed by atoms with van der Waals surface area (Å²) >= 11 is 4.96. The van der Waals surface area contributed by atoms with Gasteiger partial charge in [0.2, 0.25) is 0 Å². The number of thiophene rings is 1. The van der Waals surface area contributed by atoms with Crippen molar-refractivity contribution in [3.8, 4) is 0 Å². The van der Waals surface area contributed by atoms with E-state index >= 15 is 0 Å². The van der Waals surface area contributed by atoms with E-state index in [2.05, 4.69) is 21.2 Å². The summed E-state index contributed by atoms with van der Waals surface area (Å²) in [6.45, 7) is 2.36. The second kappa shape index (κ2) is 5.27. The Balaban J connectivity index is 2.01. The Hall–Kier alpha value is -1.08. The molecule has 98 valence electrons. The average molecular weight is 333 g/mol. The van der Waals surface area contributed by atoms with Crippen molar-refractivity contribution in [2.75, 3.05) is 13.1 Å². The molecule has 2 atom stereocenters. The van der Waals surface area contributed by atoms with Gasteiger partial charge in [-0.1, -0.05) is 6.92 Å². The Labute approximate surface area is 117 Å². The van der Waals surface area contributed by atoms with Crippen LogP contribution in [0.4, 0.5) is 4.79 Å². The molecule has 5 nitrogen and oxygen atoms in total. The first-order valence-electron chi connectivity index (χ1n) is 5.51. The first kappa shape index (κ1) is 13.4. The Morgan fingerprint density at radius 2 is 2.44 bits per heavy atom. The quantitative estimate of drug-likeness (QED) is 0.888. The van der Waals surface area contributed by atoms with Crippen LogP contribution in [0.1, 0.15) is 17.8 Å². The molecule has 0 radical (unpaired) electrons. The number of carboxylic acids is 1. The lowest BCUT2D eigenvalue weighted by atomic mass is 10.1. The van der Waals surface area contributed by atoms with Crippen LogP contribution in [-0.4, -0.2) is 35.1 Å². The monoisotopic (exact) mass is 332 g/mol. The van der Waals surface area contributed by atoms with Crippen molar-refractivity contribution < 1.29 is 14.7 Å². The zero-order valence-electron chi connectivity index (χ0n) is 9.72. The van der Waals surface area contributed by atoms with Gasteiger partial charge in [-0.3, -0.25) is 4.79 Å². The number of halogens is 1. The maximum absolute atomic E-state index is 11.7. The van der Waals surface area contributed by atoms with Crippen molar-refractivity contribution in [2.24, 2.45) is 5.92 Å². The maximum Gasteiger partial charge on any atom is 0.318 e. The molecule has 18 heavy (non-hydrogen) atoms. The summed E-state index contributed by atoms with van der Waals surface area (Å²) in [4.78, 5) is 25.1. The second-order valence-electron chi connectivity index (χ2n) is 4.29. The number of rotatable bonds is 4. The SMILES string of the molecule is CC(CN1CC(c2ccc(Br)s2)NC1=O)C(=O)O. The molecule has 1 aliphatic rings. The number of carbonyl (C=O) groups excluding carboxylic acids is 1. The molecule has 0 saturated carbocycles. The molecule has 1 aromatic rings. The predicted octanol–water partition coefficient (Wildman–Crippen LogP) is 2.30. The Kier molecular flexibility index (Phi) is 3.91. The van der Waals surface area contributed by atoms with E-state index in [4.69, 9.17) is 5.11 Å². The molecule has 1 saturated heterocycles. The minimum absolute atomic E-state index is 0.0465. The lowest BCUT2D eigenvalue weighted by Gasteiger charge is -2.16. The normalized spacial score (nSPS) is 20.9. The minimum Gasteiger partial charge on any atom is -0.481 e. The largest absolute Gasteiger partial charge is 0.481 e. The van der Waals surface area contributed by atoms with Crippen LogP contribution in [-0.2, 0) is 4.79 Å². The van der Waals surface area contributed by atoms with Gasteiger partial charge in [-0.25, -0.2) is 4.79 Å². The van der Waals surface area contributed by atoms with E-state index in [1.165, 1.54) is 0 Å². The first-order valence-corrected chi connectivity index (χ1v) is 7.12. The summed E-state index contributed by atoms with van der Waals surface area (Å²) in [5, 5.41) is 11.7. The van der Waals surface area contributed by atoms with Crippen molar-refractivity contribution in [1.29, 1.82) is 0 Å². The third kappa shape index (κ3) is 2.84. The van der Waals surface area contributed by atoms with E-state index < -0.39 is 11.9 Å². The molecule has 2 N–H and O–H groups in total. The smallest absolute Gasteiger partial charge is 0.318 e. The Bertz CT molecular complexity index is 477. The number of hydrogen-bond acceptors (Lipinski definition) is 3. The standard InChI is InChI=1S/C11H13BrN2O3S/c1-6(10(15)16)4-14-5-7(13-11(14)17)8-2-3-9(12)18-8/h2-3,6-7H,4-5H2,1H3,(H,13,17)(H,15,16). The zero-order chi connectivity index (χ0) is 13.3. The van der Waals surface area contributed by atoms with Crippen molar-refractivity contribution in [1.82, 2.24) is 10.2 Å². The maximum atomic E-state index is 11.7. The number of carboxylic acid groups (broad SMARTS) is 1. The summed E-state index contributed by atoms with van der Waals surface area (Å²) in [5.41, 5.74) is 0. The van der Waals surface area contributed by atoms with Crippen LogP contribution >= 0.6 is 27.3 Å². The highest BCUT2D eigenvalue weighted by molar-refractivity contribution is 9.11. The van der Waals surface area contributed by atoms with Gasteiger partial charge in [0, 0.05) is 18.0 Å². The highest BCUT2D eigenvalue weighted by Crippen LogP contribution is 2.30. The molecule has 0 spiro atoms. The van der Waals surface area contributed by atoms with Crippen molar-refractivity contribution in [2.45, 2.75) is 13.0 Å². The second-order valence-corrected chi connectivity index (χ2v) is 6.78. The highest BCUT2D eigenvalue weighted by Gasteiger charge is 2.32. The van der Waals surface area contributed by atoms with Crippen LogP contribution in [0.15, 0.2) is 15.9 Å². The molecule has 1 aliphatic heterocycles. The topological polar surface area (TPSA) is 69.6 Å². The summed E-state index contributed by atoms with van der Waals surface area (Å²) in [6.07, 6.45) is 0. The fraction of sp³-hybridized carbons (Fsp3) is 0.455. The Morgan fingerprint density at radius 3 is 3.00 bits per heavy atom. The molecule has 2 unspecified atom stereocenters. The molecule has 2 heterocycles. The van der Waals surface area contributed by atoms with Crippen LogP contribution in [0.3, 0.4) is 0 Å². The number of hydrogen-bond donors (Lipinski definition) is 2. The number of aliphatic carboxylic acids is 1. The van der Waals surface area contributed by atoms with E-state index in [1.54, 1.807) is 23.2 Å². The molecular formula is C11H13BrN2O3S. The van der Waals surface area contributed by atoms with Crippen LogP contribution in [0, 0.1) is 5.92 Å². The molecule has 0 aliphatic carbocycles. The van der Waals surface area contributed by atoms with E-state index in [0.717, 1.165) is 8.66 Å². The summed E-state index contributed by atoms with van der Waals surface area (Å²) in [7, 11) is 0. The third-order valence-corrected chi connectivity index (χ3v) is 4.58. The zero-order valence-corrected chi connectivity index (χ0v) is 12.1. The van der Waals surface area contributed by atoms with Gasteiger partial charge in [0.1, 0.15) is 0 Å². The van der Waals surface area contributed by atoms with E-state index in [9.17, 15) is 9.59 Å². The van der Waals surface area contributed by atoms with Gasteiger partial charge < -0.3 is 15.3 Å². The van der Waals surface area contributed by atoms with Gasteiger partial charge in [0.05, 0.1) is 15.7 Å². The number of carbonyl (C=O) groups is 2. The fourth-order valence-corrected chi connectivity index (χ4v) is 3.30. The molecule has 7 heteroatoms. The highest BCUT2D eigenvalue weighted by atomic mass is 79.9. The molecule has 2 amide bonds. The summed E-state index contributed by atoms with van der Waals surface area (Å²) < 4.78 is 1.02. The third-order valence-electron chi connectivity index (χ3n) is 2.84. The van der Waals surface area contributed by atoms with Crippen LogP contribution in [0.2, 0.25) is 0 Å². The number of nitrogens with one attached hydrogen (secondary N) is 1. The molecular weight excluding hydrogens is 320 g/mol. The van der Waals surface area contributed by atoms with Gasteiger partial charge in [0.25, 0.3) is 0 Å². The van der Waals surface area contributed by atoms with E-state index in [-0.39, 0.29) is 18.6 Å². The lowest BCUT2D eigenvalue weighted by molar-refractivity contribution is -0.141. The van der Waals surface area contributed by atoms with Crippen LogP contribution in [0.25, 0.3) is 0 Å². The molecule has 0 aromatic carbocycles. The van der Waals surface area contributed by atoms with Crippen molar-refractivity contribution in [3.05, 3.63) is 20.8 Å². The summed E-state index contributed by atoms with van der Waals surface area (Å²) in [6, 6.07) is 3.66. The van der Waals surface area contributed by atoms with E-state index in [1.807, 2.05) is 12.1 Å². The van der Waals surface area contributed by atoms with Crippen LogP contribution in [0.5, 0.6) is 0 Å². The van der Waals surface area contributed by atoms with Crippen molar-refractivity contribution in [3.63, 3.8) is 0 Å². The minimum atomic E-state index is -0.884. The average Bonchev–Trinajstić information content (AvgIpc) is 2.86. The predicted molar refractivity (Wildman–Crippen MR) is 71.7 cm³/mol. The molecule has 1 aromatic heterocycles. The van der Waals surface area contributed by atoms with Gasteiger partial charge in [-0.2, -0.15) is 0 Å².